The number of carbonyl (C=O) groups is 3. The van der Waals surface area contributed by atoms with Gasteiger partial charge in [-0.25, -0.2) is 22.8 Å². The molecule has 270 valence electrons. The Morgan fingerprint density at radius 3 is 2.38 bits per heavy atom. The largest absolute Gasteiger partial charge is 0.724 e. The van der Waals surface area contributed by atoms with Crippen LogP contribution in [0, 0.1) is 0 Å². The highest BCUT2D eigenvalue weighted by Crippen LogP contribution is 2.33. The molecule has 1 saturated heterocycles. The number of aliphatic carboxylic acids is 1. The number of amides is 2. The molecule has 2 aromatic heterocycles. The summed E-state index contributed by atoms with van der Waals surface area (Å²) in [5.74, 6) is -3.21. The van der Waals surface area contributed by atoms with Gasteiger partial charge in [0.05, 0.1) is 12.1 Å². The quantitative estimate of drug-likeness (QED) is 0.0226. The predicted molar refractivity (Wildman–Crippen MR) is 176 cm³/mol. The number of aryl methyl sites for hydroxylation is 1. The van der Waals surface area contributed by atoms with Crippen LogP contribution in [-0.4, -0.2) is 95.0 Å². The lowest BCUT2D eigenvalue weighted by atomic mass is 9.84. The molecule has 0 spiro atoms. The van der Waals surface area contributed by atoms with Crippen LogP contribution in [0.15, 0.2) is 53.1 Å². The first-order valence-electron chi connectivity index (χ1n) is 14.9. The molecule has 4 rings (SSSR count). The van der Waals surface area contributed by atoms with Crippen LogP contribution in [-0.2, 0) is 47.5 Å². The number of hydroxylamine groups is 2. The van der Waals surface area contributed by atoms with Gasteiger partial charge in [-0.3, -0.25) is 9.59 Å². The second kappa shape index (κ2) is 15.8. The molecule has 0 aliphatic carbocycles. The number of ether oxygens (including phenoxy) is 1. The number of carboxylic acids is 1. The Kier molecular flexibility index (Phi) is 12.1. The van der Waals surface area contributed by atoms with Crippen molar-refractivity contribution in [3.05, 3.63) is 59.4 Å². The molecular weight excluding hydrogens is 699 g/mol. The van der Waals surface area contributed by atoms with Gasteiger partial charge in [-0.2, -0.15) is 9.35 Å². The molecular formula is C29H37N9O10S2. The highest BCUT2D eigenvalue weighted by molar-refractivity contribution is 7.80. The first kappa shape index (κ1) is 38.0. The van der Waals surface area contributed by atoms with Gasteiger partial charge in [0.1, 0.15) is 31.1 Å². The Bertz CT molecular complexity index is 1850. The number of β-lactam (4-membered cyclic amide) rings is 1. The molecule has 1 aromatic carbocycles. The fourth-order valence-electron chi connectivity index (χ4n) is 4.70. The van der Waals surface area contributed by atoms with Crippen molar-refractivity contribution < 1.29 is 50.9 Å². The summed E-state index contributed by atoms with van der Waals surface area (Å²) in [6.45, 7) is 3.61. The van der Waals surface area contributed by atoms with Gasteiger partial charge in [-0.1, -0.05) is 17.3 Å². The number of hydrogen-bond donors (Lipinski definition) is 6. The van der Waals surface area contributed by atoms with Crippen molar-refractivity contribution in [2.75, 3.05) is 25.4 Å². The third-order valence-corrected chi connectivity index (χ3v) is 8.62. The molecule has 2 amide bonds. The Morgan fingerprint density at radius 2 is 1.84 bits per heavy atom. The van der Waals surface area contributed by atoms with Gasteiger partial charge in [0.15, 0.2) is 22.7 Å². The van der Waals surface area contributed by atoms with Crippen molar-refractivity contribution in [2.45, 2.75) is 44.1 Å². The third kappa shape index (κ3) is 9.26. The van der Waals surface area contributed by atoms with E-state index in [2.05, 4.69) is 25.1 Å². The standard InChI is InChI=1S/C29H37N9O10S2/c1-29(2)24(26(40)38(29)48-50(43,44)45)35-25(39)23(21-15-49-28(32)34-21)36-47-22(27(41)42)14-46-20-8-5-16(6-9-20)17-4-7-19(37(3)13-17)12-33-18(10-30)11-31/h4-9,13,15,18,22,24,33H,10-12,14,30-31H2,1-3H3,(H4-,32,34,35,39,41,42,43,44,45)/b36-23-/t22?,24-/m1/s1. The lowest BCUT2D eigenvalue weighted by Gasteiger charge is -2.51. The van der Waals surface area contributed by atoms with Gasteiger partial charge in [-0.15, -0.1) is 11.3 Å². The highest BCUT2D eigenvalue weighted by Gasteiger charge is 2.57. The van der Waals surface area contributed by atoms with Crippen LogP contribution in [0.3, 0.4) is 0 Å². The van der Waals surface area contributed by atoms with E-state index >= 15 is 0 Å². The minimum Gasteiger partial charge on any atom is -0.724 e. The number of nitrogens with two attached hydrogens (primary N) is 3. The second-order valence-corrected chi connectivity index (χ2v) is 13.4. The normalized spacial score (nSPS) is 16.5. The summed E-state index contributed by atoms with van der Waals surface area (Å²) in [5, 5.41) is 20.9. The van der Waals surface area contributed by atoms with Gasteiger partial charge >= 0.3 is 5.97 Å². The van der Waals surface area contributed by atoms with Crippen molar-refractivity contribution in [3.63, 3.8) is 0 Å². The first-order chi connectivity index (χ1) is 23.5. The molecule has 3 heterocycles. The fraction of sp³-hybridized carbons (Fsp3) is 0.379. The maximum atomic E-state index is 13.2. The van der Waals surface area contributed by atoms with E-state index in [1.807, 2.05) is 29.9 Å². The molecule has 1 unspecified atom stereocenters. The van der Waals surface area contributed by atoms with Crippen molar-refractivity contribution in [3.8, 4) is 16.9 Å². The number of carboxylic acid groups (broad SMARTS) is 1. The summed E-state index contributed by atoms with van der Waals surface area (Å²) in [6, 6.07) is 9.50. The maximum absolute atomic E-state index is 13.2. The Balaban J connectivity index is 1.42. The average molecular weight is 736 g/mol. The monoisotopic (exact) mass is 735 g/mol. The topological polar surface area (TPSA) is 291 Å². The van der Waals surface area contributed by atoms with Gasteiger partial charge < -0.3 is 47.1 Å². The van der Waals surface area contributed by atoms with Gasteiger partial charge in [0.25, 0.3) is 17.9 Å². The van der Waals surface area contributed by atoms with Crippen LogP contribution in [0.2, 0.25) is 0 Å². The molecule has 0 radical (unpaired) electrons. The molecule has 21 heteroatoms. The van der Waals surface area contributed by atoms with Crippen LogP contribution in [0.5, 0.6) is 5.75 Å². The summed E-state index contributed by atoms with van der Waals surface area (Å²) in [7, 11) is -3.35. The number of anilines is 1. The molecule has 3 aromatic rings. The summed E-state index contributed by atoms with van der Waals surface area (Å²) in [5.41, 5.74) is 17.8. The Hall–Kier alpha value is -4.77. The molecule has 2 atom stereocenters. The predicted octanol–water partition coefficient (Wildman–Crippen LogP) is -1.66. The van der Waals surface area contributed by atoms with Crippen molar-refractivity contribution >= 4 is 50.4 Å². The zero-order chi connectivity index (χ0) is 36.8. The number of nitrogens with one attached hydrogen (secondary N) is 2. The summed E-state index contributed by atoms with van der Waals surface area (Å²) in [4.78, 5) is 46.9. The van der Waals surface area contributed by atoms with E-state index in [4.69, 9.17) is 26.8 Å². The fourth-order valence-corrected chi connectivity index (χ4v) is 5.70. The molecule has 1 aliphatic heterocycles. The molecule has 1 aliphatic rings. The molecule has 50 heavy (non-hydrogen) atoms. The first-order valence-corrected chi connectivity index (χ1v) is 17.1. The lowest BCUT2D eigenvalue weighted by Crippen LogP contribution is -2.76. The number of oxime groups is 1. The van der Waals surface area contributed by atoms with E-state index in [1.165, 1.54) is 19.2 Å². The smallest absolute Gasteiger partial charge is 0.351 e. The van der Waals surface area contributed by atoms with E-state index in [0.717, 1.165) is 28.2 Å². The van der Waals surface area contributed by atoms with E-state index in [-0.39, 0.29) is 16.9 Å². The Labute approximate surface area is 290 Å². The van der Waals surface area contributed by atoms with Gasteiger partial charge in [0, 0.05) is 36.1 Å². The van der Waals surface area contributed by atoms with E-state index in [9.17, 15) is 32.5 Å². The Morgan fingerprint density at radius 1 is 1.18 bits per heavy atom. The van der Waals surface area contributed by atoms with E-state index < -0.39 is 58.2 Å². The van der Waals surface area contributed by atoms with Crippen LogP contribution < -0.4 is 37.1 Å². The van der Waals surface area contributed by atoms with Crippen molar-refractivity contribution in [1.82, 2.24) is 20.7 Å². The zero-order valence-electron chi connectivity index (χ0n) is 27.1. The molecule has 9 N–H and O–H groups in total. The van der Waals surface area contributed by atoms with Gasteiger partial charge in [0.2, 0.25) is 10.4 Å². The number of carbonyl (C=O) groups excluding carboxylic acids is 2. The molecule has 0 saturated carbocycles. The van der Waals surface area contributed by atoms with Crippen LogP contribution in [0.25, 0.3) is 11.1 Å². The number of nitrogen functional groups attached to an aromatic ring is 1. The second-order valence-electron chi connectivity index (χ2n) is 11.5. The number of pyridine rings is 1. The van der Waals surface area contributed by atoms with Crippen molar-refractivity contribution in [1.29, 1.82) is 0 Å². The molecule has 19 nitrogen and oxygen atoms in total. The van der Waals surface area contributed by atoms with E-state index in [1.54, 1.807) is 24.3 Å². The van der Waals surface area contributed by atoms with Crippen LogP contribution >= 0.6 is 11.3 Å². The highest BCUT2D eigenvalue weighted by atomic mass is 32.3. The summed E-state index contributed by atoms with van der Waals surface area (Å²) in [6.07, 6.45) is 0.269. The number of thiazole rings is 1. The zero-order valence-corrected chi connectivity index (χ0v) is 28.8. The van der Waals surface area contributed by atoms with E-state index in [0.29, 0.717) is 30.4 Å². The number of aromatic nitrogens is 2. The molecule has 0 bridgehead atoms. The number of hydrogen-bond acceptors (Lipinski definition) is 16. The SMILES string of the molecule is C[n+]1cc(-c2ccc(OCC(O/N=C(\C(=O)N[C@@H]3C(=O)N(OS(=O)(=O)[O-])C3(C)C)c3csc(N)n3)C(=O)O)cc2)ccc1CNC(CN)CN. The lowest BCUT2D eigenvalue weighted by molar-refractivity contribution is -0.679. The minimum atomic E-state index is -5.27. The summed E-state index contributed by atoms with van der Waals surface area (Å²) >= 11 is 0.950. The van der Waals surface area contributed by atoms with Crippen molar-refractivity contribution in [2.24, 2.45) is 23.7 Å². The molecule has 1 fully saturated rings. The van der Waals surface area contributed by atoms with Gasteiger partial charge in [-0.05, 0) is 37.6 Å². The van der Waals surface area contributed by atoms with Crippen LogP contribution in [0.1, 0.15) is 25.2 Å². The minimum absolute atomic E-state index is 0.0152. The average Bonchev–Trinajstić information content (AvgIpc) is 3.50. The van der Waals surface area contributed by atoms with Crippen LogP contribution in [0.4, 0.5) is 5.13 Å². The third-order valence-electron chi connectivity index (χ3n) is 7.62. The number of rotatable bonds is 17. The number of benzene rings is 1. The number of nitrogens with zero attached hydrogens (tertiary/aromatic N) is 4. The maximum Gasteiger partial charge on any atom is 0.351 e. The summed E-state index contributed by atoms with van der Waals surface area (Å²) < 4.78 is 44.8.